The number of ether oxygens (including phenoxy) is 2. The molecule has 7 nitrogen and oxygen atoms in total. The highest BCUT2D eigenvalue weighted by Gasteiger charge is 2.27. The molecular formula is C18H18N2O5. The Balaban J connectivity index is 1.67. The zero-order valence-corrected chi connectivity index (χ0v) is 13.8. The van der Waals surface area contributed by atoms with E-state index in [2.05, 4.69) is 10.5 Å². The molecule has 0 bridgehead atoms. The highest BCUT2D eigenvalue weighted by Crippen LogP contribution is 2.32. The van der Waals surface area contributed by atoms with Crippen LogP contribution in [0.1, 0.15) is 16.7 Å². The molecule has 2 aromatic rings. The lowest BCUT2D eigenvalue weighted by Gasteiger charge is -2.24. The number of phenols is 2. The fourth-order valence-electron chi connectivity index (χ4n) is 2.45. The lowest BCUT2D eigenvalue weighted by atomic mass is 10.0. The molecule has 3 rings (SSSR count). The first-order chi connectivity index (χ1) is 12.0. The standard InChI is InChI=1S/C18H18N2O5/c1-10-7-13(21)11(2)17(22)12(10)8-19-20-18(23)16-9-24-14-5-3-4-6-15(14)25-16/h3-8,16,21-22H,9H2,1-2H3,(H,20,23)/b19-8+/t16-/m1/s1. The number of hydrazone groups is 1. The number of carbonyl (C=O) groups excluding carboxylic acids is 1. The largest absolute Gasteiger partial charge is 0.508 e. The third-order valence-electron chi connectivity index (χ3n) is 3.94. The van der Waals surface area contributed by atoms with Crippen LogP contribution in [-0.4, -0.2) is 35.0 Å². The average Bonchev–Trinajstić information content (AvgIpc) is 2.62. The smallest absolute Gasteiger partial charge is 0.284 e. The Kier molecular flexibility index (Phi) is 4.47. The van der Waals surface area contributed by atoms with Gasteiger partial charge in [-0.3, -0.25) is 4.79 Å². The predicted octanol–water partition coefficient (Wildman–Crippen LogP) is 2.00. The first-order valence-electron chi connectivity index (χ1n) is 7.71. The van der Waals surface area contributed by atoms with Crippen molar-refractivity contribution in [1.82, 2.24) is 5.43 Å². The molecule has 0 fully saturated rings. The number of carbonyl (C=O) groups is 1. The van der Waals surface area contributed by atoms with Crippen molar-refractivity contribution in [3.05, 3.63) is 47.0 Å². The van der Waals surface area contributed by atoms with Crippen molar-refractivity contribution in [2.24, 2.45) is 5.10 Å². The summed E-state index contributed by atoms with van der Waals surface area (Å²) in [6.45, 7) is 3.39. The van der Waals surface area contributed by atoms with Gasteiger partial charge in [0.1, 0.15) is 18.1 Å². The molecule has 1 aliphatic rings. The number of phenolic OH excluding ortho intramolecular Hbond substituents is 2. The highest BCUT2D eigenvalue weighted by atomic mass is 16.6. The molecule has 0 saturated carbocycles. The molecule has 0 aliphatic carbocycles. The summed E-state index contributed by atoms with van der Waals surface area (Å²) in [5.74, 6) is 0.554. The number of para-hydroxylation sites is 2. The van der Waals surface area contributed by atoms with Gasteiger partial charge in [0.25, 0.3) is 5.91 Å². The third-order valence-corrected chi connectivity index (χ3v) is 3.94. The summed E-state index contributed by atoms with van der Waals surface area (Å²) in [6.07, 6.45) is 0.510. The van der Waals surface area contributed by atoms with Gasteiger partial charge >= 0.3 is 0 Å². The van der Waals surface area contributed by atoms with Gasteiger partial charge in [0, 0.05) is 11.1 Å². The van der Waals surface area contributed by atoms with Crippen LogP contribution in [0.3, 0.4) is 0 Å². The van der Waals surface area contributed by atoms with E-state index >= 15 is 0 Å². The zero-order chi connectivity index (χ0) is 18.0. The number of nitrogens with one attached hydrogen (secondary N) is 1. The van der Waals surface area contributed by atoms with Gasteiger partial charge in [-0.15, -0.1) is 0 Å². The number of amides is 1. The average molecular weight is 342 g/mol. The maximum absolute atomic E-state index is 12.2. The molecule has 0 aromatic heterocycles. The Hall–Kier alpha value is -3.22. The van der Waals surface area contributed by atoms with Crippen LogP contribution in [0.4, 0.5) is 0 Å². The molecule has 1 aliphatic heterocycles. The molecule has 130 valence electrons. The van der Waals surface area contributed by atoms with Gasteiger partial charge in [-0.2, -0.15) is 5.10 Å². The fraction of sp³-hybridized carbons (Fsp3) is 0.222. The van der Waals surface area contributed by atoms with Crippen molar-refractivity contribution in [2.45, 2.75) is 20.0 Å². The molecule has 7 heteroatoms. The maximum atomic E-state index is 12.2. The van der Waals surface area contributed by atoms with Crippen LogP contribution in [0.25, 0.3) is 0 Å². The lowest BCUT2D eigenvalue weighted by Crippen LogP contribution is -2.42. The van der Waals surface area contributed by atoms with E-state index in [1.54, 1.807) is 32.0 Å². The normalized spacial score (nSPS) is 16.0. The van der Waals surface area contributed by atoms with Crippen LogP contribution in [0.15, 0.2) is 35.4 Å². The molecule has 25 heavy (non-hydrogen) atoms. The van der Waals surface area contributed by atoms with E-state index in [0.717, 1.165) is 0 Å². The number of hydrogen-bond donors (Lipinski definition) is 3. The van der Waals surface area contributed by atoms with Crippen LogP contribution < -0.4 is 14.9 Å². The zero-order valence-electron chi connectivity index (χ0n) is 13.8. The Morgan fingerprint density at radius 1 is 1.28 bits per heavy atom. The molecule has 0 radical (unpaired) electrons. The summed E-state index contributed by atoms with van der Waals surface area (Å²) in [5.41, 5.74) is 3.77. The number of rotatable bonds is 3. The van der Waals surface area contributed by atoms with E-state index < -0.39 is 12.0 Å². The van der Waals surface area contributed by atoms with E-state index in [4.69, 9.17) is 9.47 Å². The second-order valence-electron chi connectivity index (χ2n) is 5.70. The Labute approximate surface area is 144 Å². The SMILES string of the molecule is Cc1cc(O)c(C)c(O)c1/C=N/NC(=O)[C@H]1COc2ccccc2O1. The minimum absolute atomic E-state index is 0.00241. The van der Waals surface area contributed by atoms with Gasteiger partial charge in [-0.05, 0) is 37.6 Å². The van der Waals surface area contributed by atoms with E-state index in [0.29, 0.717) is 28.2 Å². The first kappa shape index (κ1) is 16.6. The van der Waals surface area contributed by atoms with E-state index in [9.17, 15) is 15.0 Å². The summed E-state index contributed by atoms with van der Waals surface area (Å²) < 4.78 is 11.1. The second kappa shape index (κ2) is 6.72. The topological polar surface area (TPSA) is 100 Å². The molecule has 1 atom stereocenters. The number of fused-ring (bicyclic) bond motifs is 1. The van der Waals surface area contributed by atoms with Crippen molar-refractivity contribution < 1.29 is 24.5 Å². The summed E-state index contributed by atoms with van der Waals surface area (Å²) in [7, 11) is 0. The quantitative estimate of drug-likeness (QED) is 0.585. The van der Waals surface area contributed by atoms with Crippen molar-refractivity contribution >= 4 is 12.1 Å². The van der Waals surface area contributed by atoms with Crippen molar-refractivity contribution in [2.75, 3.05) is 6.61 Å². The highest BCUT2D eigenvalue weighted by molar-refractivity contribution is 5.88. The molecule has 0 saturated heterocycles. The van der Waals surface area contributed by atoms with Gasteiger partial charge in [0.15, 0.2) is 11.5 Å². The minimum Gasteiger partial charge on any atom is -0.508 e. The van der Waals surface area contributed by atoms with Crippen LogP contribution in [-0.2, 0) is 4.79 Å². The number of hydrogen-bond acceptors (Lipinski definition) is 6. The Morgan fingerprint density at radius 2 is 2.00 bits per heavy atom. The van der Waals surface area contributed by atoms with Gasteiger partial charge in [0.2, 0.25) is 6.10 Å². The maximum Gasteiger partial charge on any atom is 0.284 e. The number of aromatic hydroxyl groups is 2. The van der Waals surface area contributed by atoms with Crippen LogP contribution in [0.2, 0.25) is 0 Å². The van der Waals surface area contributed by atoms with Gasteiger partial charge in [-0.1, -0.05) is 12.1 Å². The first-order valence-corrected chi connectivity index (χ1v) is 7.71. The molecule has 1 heterocycles. The summed E-state index contributed by atoms with van der Waals surface area (Å²) in [5, 5.41) is 23.6. The molecule has 2 aromatic carbocycles. The van der Waals surface area contributed by atoms with E-state index in [1.807, 2.05) is 6.07 Å². The van der Waals surface area contributed by atoms with Gasteiger partial charge in [-0.25, -0.2) is 5.43 Å². The lowest BCUT2D eigenvalue weighted by molar-refractivity contribution is -0.130. The van der Waals surface area contributed by atoms with Crippen LogP contribution in [0.5, 0.6) is 23.0 Å². The predicted molar refractivity (Wildman–Crippen MR) is 91.3 cm³/mol. The van der Waals surface area contributed by atoms with Crippen molar-refractivity contribution in [1.29, 1.82) is 0 Å². The van der Waals surface area contributed by atoms with Crippen LogP contribution in [0, 0.1) is 13.8 Å². The van der Waals surface area contributed by atoms with Crippen molar-refractivity contribution in [3.8, 4) is 23.0 Å². The molecule has 0 unspecified atom stereocenters. The van der Waals surface area contributed by atoms with Gasteiger partial charge < -0.3 is 19.7 Å². The van der Waals surface area contributed by atoms with E-state index in [1.165, 1.54) is 12.3 Å². The van der Waals surface area contributed by atoms with Gasteiger partial charge in [0.05, 0.1) is 6.21 Å². The molecule has 3 N–H and O–H groups in total. The number of benzene rings is 2. The van der Waals surface area contributed by atoms with Crippen LogP contribution >= 0.6 is 0 Å². The third kappa shape index (κ3) is 3.35. The fourth-order valence-corrected chi connectivity index (χ4v) is 2.45. The number of aryl methyl sites for hydroxylation is 1. The summed E-state index contributed by atoms with van der Waals surface area (Å²) in [6, 6.07) is 8.62. The minimum atomic E-state index is -0.816. The summed E-state index contributed by atoms with van der Waals surface area (Å²) in [4.78, 5) is 12.2. The Bertz CT molecular complexity index is 848. The van der Waals surface area contributed by atoms with E-state index in [-0.39, 0.29) is 18.1 Å². The molecular weight excluding hydrogens is 324 g/mol. The molecule has 0 spiro atoms. The number of nitrogens with zero attached hydrogens (tertiary/aromatic N) is 1. The monoisotopic (exact) mass is 342 g/mol. The van der Waals surface area contributed by atoms with Crippen molar-refractivity contribution in [3.63, 3.8) is 0 Å². The molecule has 1 amide bonds. The Morgan fingerprint density at radius 3 is 2.76 bits per heavy atom. The summed E-state index contributed by atoms with van der Waals surface area (Å²) >= 11 is 0. The second-order valence-corrected chi connectivity index (χ2v) is 5.70.